The van der Waals surface area contributed by atoms with Crippen molar-refractivity contribution in [3.63, 3.8) is 0 Å². The third kappa shape index (κ3) is 4.88. The number of hydrogen-bond donors (Lipinski definition) is 2. The predicted molar refractivity (Wildman–Crippen MR) is 74.7 cm³/mol. The van der Waals surface area contributed by atoms with Crippen LogP contribution >= 0.6 is 0 Å². The molecule has 2 unspecified atom stereocenters. The number of aryl methyl sites for hydroxylation is 2. The van der Waals surface area contributed by atoms with Crippen molar-refractivity contribution in [1.29, 1.82) is 0 Å². The summed E-state index contributed by atoms with van der Waals surface area (Å²) in [5, 5.41) is 0. The van der Waals surface area contributed by atoms with E-state index < -0.39 is 0 Å². The number of nitrogens with two attached hydrogens (primary N) is 1. The number of hydrogen-bond acceptors (Lipinski definition) is 2. The van der Waals surface area contributed by atoms with Crippen LogP contribution in [0.4, 0.5) is 0 Å². The summed E-state index contributed by atoms with van der Waals surface area (Å²) in [4.78, 5) is 0. The summed E-state index contributed by atoms with van der Waals surface area (Å²) in [5.41, 5.74) is 5.78. The molecular weight excluding hydrogens is 208 g/mol. The fourth-order valence-electron chi connectivity index (χ4n) is 2.14. The zero-order valence-electron chi connectivity index (χ0n) is 11.4. The molecule has 0 aliphatic carbocycles. The Hall–Kier alpha value is -0.860. The van der Waals surface area contributed by atoms with Gasteiger partial charge >= 0.3 is 0 Å². The fourth-order valence-corrected chi connectivity index (χ4v) is 2.14. The molecule has 1 aromatic carbocycles. The Labute approximate surface area is 106 Å². The summed E-state index contributed by atoms with van der Waals surface area (Å²) in [6.07, 6.45) is 4.62. The molecule has 0 spiro atoms. The first-order valence-electron chi connectivity index (χ1n) is 6.68. The molecule has 0 aliphatic rings. The highest BCUT2D eigenvalue weighted by Crippen LogP contribution is 2.15. The minimum atomic E-state index is 0.435. The van der Waals surface area contributed by atoms with Crippen LogP contribution in [-0.2, 0) is 6.42 Å². The molecule has 0 bridgehead atoms. The lowest BCUT2D eigenvalue weighted by Gasteiger charge is -2.19. The molecule has 0 amide bonds. The van der Waals surface area contributed by atoms with Crippen LogP contribution in [0.3, 0.4) is 0 Å². The SMILES string of the molecule is CCC(C)CC(CCc1ccccc1C)NN. The first-order valence-corrected chi connectivity index (χ1v) is 6.68. The van der Waals surface area contributed by atoms with E-state index in [2.05, 4.69) is 50.5 Å². The van der Waals surface area contributed by atoms with E-state index in [0.29, 0.717) is 6.04 Å². The summed E-state index contributed by atoms with van der Waals surface area (Å²) >= 11 is 0. The zero-order chi connectivity index (χ0) is 12.7. The molecule has 96 valence electrons. The highest BCUT2D eigenvalue weighted by Gasteiger charge is 2.11. The minimum Gasteiger partial charge on any atom is -0.271 e. The molecule has 0 radical (unpaired) electrons. The Kier molecular flexibility index (Phi) is 6.23. The van der Waals surface area contributed by atoms with Crippen molar-refractivity contribution in [1.82, 2.24) is 5.43 Å². The average molecular weight is 234 g/mol. The molecular formula is C15H26N2. The van der Waals surface area contributed by atoms with Crippen molar-refractivity contribution < 1.29 is 0 Å². The second kappa shape index (κ2) is 7.46. The monoisotopic (exact) mass is 234 g/mol. The van der Waals surface area contributed by atoms with E-state index in [1.54, 1.807) is 0 Å². The minimum absolute atomic E-state index is 0.435. The van der Waals surface area contributed by atoms with Gasteiger partial charge in [-0.2, -0.15) is 0 Å². The predicted octanol–water partition coefficient (Wildman–Crippen LogP) is 3.20. The zero-order valence-corrected chi connectivity index (χ0v) is 11.4. The van der Waals surface area contributed by atoms with Crippen LogP contribution in [0.1, 0.15) is 44.2 Å². The van der Waals surface area contributed by atoms with Crippen LogP contribution in [-0.4, -0.2) is 6.04 Å². The van der Waals surface area contributed by atoms with Gasteiger partial charge in [0.15, 0.2) is 0 Å². The van der Waals surface area contributed by atoms with Crippen molar-refractivity contribution in [3.8, 4) is 0 Å². The molecule has 3 N–H and O–H groups in total. The molecule has 2 nitrogen and oxygen atoms in total. The lowest BCUT2D eigenvalue weighted by molar-refractivity contribution is 0.381. The second-order valence-electron chi connectivity index (χ2n) is 5.08. The van der Waals surface area contributed by atoms with Gasteiger partial charge in [0.2, 0.25) is 0 Å². The van der Waals surface area contributed by atoms with Crippen molar-refractivity contribution in [3.05, 3.63) is 35.4 Å². The van der Waals surface area contributed by atoms with Crippen molar-refractivity contribution in [2.45, 2.75) is 52.5 Å². The highest BCUT2D eigenvalue weighted by molar-refractivity contribution is 5.25. The van der Waals surface area contributed by atoms with Gasteiger partial charge in [-0.1, -0.05) is 44.5 Å². The Balaban J connectivity index is 2.45. The van der Waals surface area contributed by atoms with Crippen LogP contribution in [0, 0.1) is 12.8 Å². The van der Waals surface area contributed by atoms with Crippen molar-refractivity contribution >= 4 is 0 Å². The standard InChI is InChI=1S/C15H26N2/c1-4-12(2)11-15(17-16)10-9-14-8-6-5-7-13(14)3/h5-8,12,15,17H,4,9-11,16H2,1-3H3. The first kappa shape index (κ1) is 14.2. The van der Waals surface area contributed by atoms with E-state index in [-0.39, 0.29) is 0 Å². The number of benzene rings is 1. The molecule has 0 heterocycles. The Morgan fingerprint density at radius 3 is 2.59 bits per heavy atom. The maximum Gasteiger partial charge on any atom is 0.0216 e. The third-order valence-electron chi connectivity index (χ3n) is 3.64. The molecule has 0 saturated carbocycles. The lowest BCUT2D eigenvalue weighted by atomic mass is 9.94. The molecule has 2 atom stereocenters. The van der Waals surface area contributed by atoms with Crippen molar-refractivity contribution in [2.24, 2.45) is 11.8 Å². The number of hydrazine groups is 1. The summed E-state index contributed by atoms with van der Waals surface area (Å²) in [6, 6.07) is 9.03. The fraction of sp³-hybridized carbons (Fsp3) is 0.600. The van der Waals surface area contributed by atoms with Gasteiger partial charge in [-0.3, -0.25) is 11.3 Å². The quantitative estimate of drug-likeness (QED) is 0.561. The van der Waals surface area contributed by atoms with Gasteiger partial charge in [0, 0.05) is 6.04 Å². The maximum absolute atomic E-state index is 5.63. The summed E-state index contributed by atoms with van der Waals surface area (Å²) in [6.45, 7) is 6.70. The average Bonchev–Trinajstić information content (AvgIpc) is 2.35. The Morgan fingerprint density at radius 2 is 2.00 bits per heavy atom. The first-order chi connectivity index (χ1) is 8.17. The van der Waals surface area contributed by atoms with Gasteiger partial charge in [0.05, 0.1) is 0 Å². The van der Waals surface area contributed by atoms with Crippen LogP contribution in [0.5, 0.6) is 0 Å². The Morgan fingerprint density at radius 1 is 1.29 bits per heavy atom. The van der Waals surface area contributed by atoms with Gasteiger partial charge in [-0.25, -0.2) is 0 Å². The normalized spacial score (nSPS) is 14.6. The second-order valence-corrected chi connectivity index (χ2v) is 5.08. The summed E-state index contributed by atoms with van der Waals surface area (Å²) < 4.78 is 0. The number of rotatable bonds is 7. The van der Waals surface area contributed by atoms with Gasteiger partial charge in [-0.05, 0) is 43.2 Å². The van der Waals surface area contributed by atoms with Crippen LogP contribution in [0.2, 0.25) is 0 Å². The van der Waals surface area contributed by atoms with E-state index in [1.807, 2.05) is 0 Å². The molecule has 1 aromatic rings. The smallest absolute Gasteiger partial charge is 0.0216 e. The van der Waals surface area contributed by atoms with E-state index >= 15 is 0 Å². The molecule has 0 saturated heterocycles. The largest absolute Gasteiger partial charge is 0.271 e. The van der Waals surface area contributed by atoms with Crippen LogP contribution < -0.4 is 11.3 Å². The van der Waals surface area contributed by atoms with Gasteiger partial charge in [0.25, 0.3) is 0 Å². The van der Waals surface area contributed by atoms with Gasteiger partial charge in [-0.15, -0.1) is 0 Å². The lowest BCUT2D eigenvalue weighted by Crippen LogP contribution is -2.36. The maximum atomic E-state index is 5.63. The van der Waals surface area contributed by atoms with Crippen molar-refractivity contribution in [2.75, 3.05) is 0 Å². The molecule has 2 heteroatoms. The molecule has 17 heavy (non-hydrogen) atoms. The summed E-state index contributed by atoms with van der Waals surface area (Å²) in [7, 11) is 0. The topological polar surface area (TPSA) is 38.0 Å². The third-order valence-corrected chi connectivity index (χ3v) is 3.64. The van der Waals surface area contributed by atoms with Crippen LogP contribution in [0.15, 0.2) is 24.3 Å². The molecule has 0 aromatic heterocycles. The van der Waals surface area contributed by atoms with E-state index in [4.69, 9.17) is 5.84 Å². The van der Waals surface area contributed by atoms with E-state index in [0.717, 1.165) is 18.8 Å². The molecule has 0 aliphatic heterocycles. The van der Waals surface area contributed by atoms with E-state index in [9.17, 15) is 0 Å². The molecule has 1 rings (SSSR count). The van der Waals surface area contributed by atoms with Gasteiger partial charge < -0.3 is 0 Å². The van der Waals surface area contributed by atoms with E-state index in [1.165, 1.54) is 24.0 Å². The number of nitrogens with one attached hydrogen (secondary N) is 1. The Bertz CT molecular complexity index is 322. The van der Waals surface area contributed by atoms with Crippen LogP contribution in [0.25, 0.3) is 0 Å². The molecule has 0 fully saturated rings. The van der Waals surface area contributed by atoms with Gasteiger partial charge in [0.1, 0.15) is 0 Å². The summed E-state index contributed by atoms with van der Waals surface area (Å²) in [5.74, 6) is 6.37. The highest BCUT2D eigenvalue weighted by atomic mass is 15.2.